The molecule has 0 bridgehead atoms. The molecular formula is C17H26N2O5. The molecule has 2 fully saturated rings. The van der Waals surface area contributed by atoms with Gasteiger partial charge < -0.3 is 19.5 Å². The predicted molar refractivity (Wildman–Crippen MR) is 85.1 cm³/mol. The molecule has 1 N–H and O–H groups in total. The van der Waals surface area contributed by atoms with Gasteiger partial charge in [-0.2, -0.15) is 5.26 Å². The highest BCUT2D eigenvalue weighted by Gasteiger charge is 2.48. The Bertz CT molecular complexity index is 510. The second-order valence-electron chi connectivity index (χ2n) is 6.82. The van der Waals surface area contributed by atoms with E-state index in [-0.39, 0.29) is 12.5 Å². The molecule has 2 aliphatic rings. The maximum atomic E-state index is 13.0. The van der Waals surface area contributed by atoms with E-state index in [1.165, 1.54) is 0 Å². The van der Waals surface area contributed by atoms with E-state index in [4.69, 9.17) is 9.47 Å². The summed E-state index contributed by atoms with van der Waals surface area (Å²) < 4.78 is 10.3. The van der Waals surface area contributed by atoms with Gasteiger partial charge in [0.25, 0.3) is 0 Å². The molecule has 0 aromatic rings. The fourth-order valence-electron chi connectivity index (χ4n) is 3.74. The number of ether oxygens (including phenoxy) is 2. The molecule has 0 radical (unpaired) electrons. The summed E-state index contributed by atoms with van der Waals surface area (Å²) in [6, 6.07) is 2.18. The van der Waals surface area contributed by atoms with E-state index in [9.17, 15) is 20.0 Å². The molecule has 2 aliphatic heterocycles. The highest BCUT2D eigenvalue weighted by Crippen LogP contribution is 2.39. The zero-order chi connectivity index (χ0) is 17.6. The molecule has 0 aromatic heterocycles. The standard InChI is InChI=1S/C17H26N2O5/c1-23-9-3-5-17(15(21)22)4-2-8-19(13-17)14(20)16(12-18)6-10-24-11-7-16/h2-11,13H2,1H3,(H,21,22). The van der Waals surface area contributed by atoms with E-state index < -0.39 is 16.8 Å². The van der Waals surface area contributed by atoms with Crippen LogP contribution in [0.1, 0.15) is 38.5 Å². The summed E-state index contributed by atoms with van der Waals surface area (Å²) in [6.45, 7) is 1.98. The highest BCUT2D eigenvalue weighted by atomic mass is 16.5. The Hall–Kier alpha value is -1.65. The number of carbonyl (C=O) groups excluding carboxylic acids is 1. The number of carboxylic acid groups (broad SMARTS) is 1. The third-order valence-corrected chi connectivity index (χ3v) is 5.29. The van der Waals surface area contributed by atoms with Crippen molar-refractivity contribution in [1.29, 1.82) is 5.26 Å². The van der Waals surface area contributed by atoms with Crippen molar-refractivity contribution in [3.8, 4) is 6.07 Å². The number of amides is 1. The molecule has 0 aromatic carbocycles. The Balaban J connectivity index is 2.14. The van der Waals surface area contributed by atoms with Crippen molar-refractivity contribution in [3.05, 3.63) is 0 Å². The number of rotatable bonds is 6. The van der Waals surface area contributed by atoms with Gasteiger partial charge in [0.2, 0.25) is 5.91 Å². The number of nitriles is 1. The van der Waals surface area contributed by atoms with E-state index in [0.29, 0.717) is 64.9 Å². The van der Waals surface area contributed by atoms with Crippen molar-refractivity contribution in [3.63, 3.8) is 0 Å². The van der Waals surface area contributed by atoms with Crippen LogP contribution in [0.2, 0.25) is 0 Å². The summed E-state index contributed by atoms with van der Waals surface area (Å²) in [5.74, 6) is -1.10. The highest BCUT2D eigenvalue weighted by molar-refractivity contribution is 5.86. The average Bonchev–Trinajstić information content (AvgIpc) is 2.62. The Labute approximate surface area is 142 Å². The van der Waals surface area contributed by atoms with Crippen molar-refractivity contribution in [1.82, 2.24) is 4.90 Å². The van der Waals surface area contributed by atoms with Crippen molar-refractivity contribution < 1.29 is 24.2 Å². The van der Waals surface area contributed by atoms with Gasteiger partial charge in [0, 0.05) is 40.0 Å². The maximum absolute atomic E-state index is 13.0. The van der Waals surface area contributed by atoms with Crippen molar-refractivity contribution in [2.45, 2.75) is 38.5 Å². The third-order valence-electron chi connectivity index (χ3n) is 5.29. The molecule has 2 saturated heterocycles. The molecule has 2 rings (SSSR count). The number of carbonyl (C=O) groups is 2. The molecule has 0 aliphatic carbocycles. The summed E-state index contributed by atoms with van der Waals surface area (Å²) >= 11 is 0. The van der Waals surface area contributed by atoms with Crippen LogP contribution in [0, 0.1) is 22.2 Å². The molecule has 1 atom stereocenters. The van der Waals surface area contributed by atoms with Gasteiger partial charge in [0.1, 0.15) is 5.41 Å². The van der Waals surface area contributed by atoms with Gasteiger partial charge in [0.15, 0.2) is 0 Å². The Morgan fingerprint density at radius 3 is 2.62 bits per heavy atom. The van der Waals surface area contributed by atoms with Gasteiger partial charge in [-0.05, 0) is 38.5 Å². The quantitative estimate of drug-likeness (QED) is 0.735. The number of likely N-dealkylation sites (tertiary alicyclic amines) is 1. The minimum Gasteiger partial charge on any atom is -0.481 e. The number of piperidine rings is 1. The van der Waals surface area contributed by atoms with E-state index in [1.807, 2.05) is 0 Å². The smallest absolute Gasteiger partial charge is 0.311 e. The van der Waals surface area contributed by atoms with E-state index >= 15 is 0 Å². The molecule has 0 saturated carbocycles. The van der Waals surface area contributed by atoms with Crippen LogP contribution in [-0.2, 0) is 19.1 Å². The Morgan fingerprint density at radius 1 is 1.33 bits per heavy atom. The summed E-state index contributed by atoms with van der Waals surface area (Å²) in [4.78, 5) is 26.5. The second-order valence-corrected chi connectivity index (χ2v) is 6.82. The Kier molecular flexibility index (Phi) is 6.19. The van der Waals surface area contributed by atoms with Gasteiger partial charge in [-0.15, -0.1) is 0 Å². The fourth-order valence-corrected chi connectivity index (χ4v) is 3.74. The van der Waals surface area contributed by atoms with Gasteiger partial charge in [-0.3, -0.25) is 9.59 Å². The van der Waals surface area contributed by atoms with Crippen LogP contribution in [0.4, 0.5) is 0 Å². The topological polar surface area (TPSA) is 99.9 Å². The van der Waals surface area contributed by atoms with Gasteiger partial charge in [-0.1, -0.05) is 0 Å². The van der Waals surface area contributed by atoms with Crippen LogP contribution < -0.4 is 0 Å². The van der Waals surface area contributed by atoms with Crippen molar-refractivity contribution in [2.24, 2.45) is 10.8 Å². The predicted octanol–water partition coefficient (Wildman–Crippen LogP) is 1.43. The van der Waals surface area contributed by atoms with E-state index in [1.54, 1.807) is 12.0 Å². The number of methoxy groups -OCH3 is 1. The van der Waals surface area contributed by atoms with Crippen LogP contribution in [-0.4, -0.2) is 61.9 Å². The van der Waals surface area contributed by atoms with Gasteiger partial charge in [0.05, 0.1) is 11.5 Å². The summed E-state index contributed by atoms with van der Waals surface area (Å²) in [5.41, 5.74) is -2.00. The van der Waals surface area contributed by atoms with Crippen molar-refractivity contribution in [2.75, 3.05) is 40.0 Å². The lowest BCUT2D eigenvalue weighted by molar-refractivity contribution is -0.159. The summed E-state index contributed by atoms with van der Waals surface area (Å²) in [7, 11) is 1.59. The molecule has 7 heteroatoms. The average molecular weight is 338 g/mol. The number of hydrogen-bond donors (Lipinski definition) is 1. The molecule has 1 amide bonds. The van der Waals surface area contributed by atoms with E-state index in [2.05, 4.69) is 6.07 Å². The lowest BCUT2D eigenvalue weighted by Crippen LogP contribution is -2.54. The lowest BCUT2D eigenvalue weighted by Gasteiger charge is -2.43. The zero-order valence-electron chi connectivity index (χ0n) is 14.3. The minimum atomic E-state index is -1.06. The molecule has 24 heavy (non-hydrogen) atoms. The molecular weight excluding hydrogens is 312 g/mol. The second kappa shape index (κ2) is 7.95. The van der Waals surface area contributed by atoms with Gasteiger partial charge >= 0.3 is 5.97 Å². The number of carboxylic acids is 1. The fraction of sp³-hybridized carbons (Fsp3) is 0.824. The summed E-state index contributed by atoms with van der Waals surface area (Å²) in [6.07, 6.45) is 3.07. The number of hydrogen-bond acceptors (Lipinski definition) is 5. The minimum absolute atomic E-state index is 0.176. The first-order valence-corrected chi connectivity index (χ1v) is 8.50. The van der Waals surface area contributed by atoms with Crippen LogP contribution >= 0.6 is 0 Å². The van der Waals surface area contributed by atoms with Crippen LogP contribution in [0.5, 0.6) is 0 Å². The zero-order valence-corrected chi connectivity index (χ0v) is 14.3. The van der Waals surface area contributed by atoms with Crippen LogP contribution in [0.25, 0.3) is 0 Å². The molecule has 1 unspecified atom stereocenters. The summed E-state index contributed by atoms with van der Waals surface area (Å²) in [5, 5.41) is 19.3. The maximum Gasteiger partial charge on any atom is 0.311 e. The number of nitrogens with zero attached hydrogens (tertiary/aromatic N) is 2. The van der Waals surface area contributed by atoms with Crippen LogP contribution in [0.15, 0.2) is 0 Å². The lowest BCUT2D eigenvalue weighted by atomic mass is 9.74. The SMILES string of the molecule is COCCCC1(C(=O)O)CCCN(C(=O)C2(C#N)CCOCC2)C1. The largest absolute Gasteiger partial charge is 0.481 e. The molecule has 134 valence electrons. The molecule has 7 nitrogen and oxygen atoms in total. The molecule has 0 spiro atoms. The first-order chi connectivity index (χ1) is 11.5. The third kappa shape index (κ3) is 3.70. The normalized spacial score (nSPS) is 26.6. The van der Waals surface area contributed by atoms with Crippen molar-refractivity contribution >= 4 is 11.9 Å². The first kappa shape index (κ1) is 18.7. The monoisotopic (exact) mass is 338 g/mol. The van der Waals surface area contributed by atoms with E-state index in [0.717, 1.165) is 0 Å². The van der Waals surface area contributed by atoms with Gasteiger partial charge in [-0.25, -0.2) is 0 Å². The number of aliphatic carboxylic acids is 1. The van der Waals surface area contributed by atoms with Crippen LogP contribution in [0.3, 0.4) is 0 Å². The first-order valence-electron chi connectivity index (χ1n) is 8.50. The molecule has 2 heterocycles. The Morgan fingerprint density at radius 2 is 2.04 bits per heavy atom.